The second kappa shape index (κ2) is 6.81. The Kier molecular flexibility index (Phi) is 5.69. The monoisotopic (exact) mass is 244 g/mol. The Balaban J connectivity index is 2.25. The molecule has 1 amide bonds. The number of amides is 1. The number of likely N-dealkylation sites (tertiary alicyclic amines) is 1. The van der Waals surface area contributed by atoms with Gasteiger partial charge in [-0.3, -0.25) is 4.79 Å². The molecule has 0 spiro atoms. The van der Waals surface area contributed by atoms with E-state index in [1.165, 1.54) is 0 Å². The Morgan fingerprint density at radius 1 is 1.50 bits per heavy atom. The van der Waals surface area contributed by atoms with Crippen LogP contribution in [-0.4, -0.2) is 42.1 Å². The molecule has 4 nitrogen and oxygen atoms in total. The first-order valence-corrected chi connectivity index (χ1v) is 6.20. The first-order valence-electron chi connectivity index (χ1n) is 5.80. The highest BCUT2D eigenvalue weighted by molar-refractivity contribution is 7.80. The zero-order valence-corrected chi connectivity index (χ0v) is 10.6. The molecule has 0 aromatic rings. The van der Waals surface area contributed by atoms with Crippen molar-refractivity contribution in [2.24, 2.45) is 11.7 Å². The van der Waals surface area contributed by atoms with Crippen LogP contribution in [-0.2, 0) is 9.53 Å². The minimum absolute atomic E-state index is 0.0786. The van der Waals surface area contributed by atoms with Crippen LogP contribution in [0.1, 0.15) is 26.2 Å². The lowest BCUT2D eigenvalue weighted by Crippen LogP contribution is -2.42. The summed E-state index contributed by atoms with van der Waals surface area (Å²) >= 11 is 4.96. The molecule has 0 aromatic heterocycles. The SMILES string of the molecule is CCCOCC(=O)N1CCC(C(N)=S)CC1. The number of nitrogens with two attached hydrogens (primary N) is 1. The van der Waals surface area contributed by atoms with Crippen LogP contribution < -0.4 is 5.73 Å². The molecule has 1 aliphatic rings. The van der Waals surface area contributed by atoms with Gasteiger partial charge in [0.15, 0.2) is 0 Å². The van der Waals surface area contributed by atoms with Crippen molar-refractivity contribution in [3.63, 3.8) is 0 Å². The number of ether oxygens (including phenoxy) is 1. The molecule has 0 atom stereocenters. The molecule has 0 aliphatic carbocycles. The molecule has 2 N–H and O–H groups in total. The van der Waals surface area contributed by atoms with Gasteiger partial charge >= 0.3 is 0 Å². The molecule has 1 rings (SSSR count). The van der Waals surface area contributed by atoms with Gasteiger partial charge in [0.1, 0.15) is 6.61 Å². The second-order valence-corrected chi connectivity index (χ2v) is 4.58. The molecule has 1 heterocycles. The van der Waals surface area contributed by atoms with E-state index in [0.29, 0.717) is 17.5 Å². The minimum atomic E-state index is 0.0786. The van der Waals surface area contributed by atoms with Crippen molar-refractivity contribution < 1.29 is 9.53 Å². The normalized spacial score (nSPS) is 17.4. The standard InChI is InChI=1S/C11H20N2O2S/c1-2-7-15-8-10(14)13-5-3-9(4-6-13)11(12)16/h9H,2-8H2,1H3,(H2,12,16). The van der Waals surface area contributed by atoms with Crippen LogP contribution in [0.4, 0.5) is 0 Å². The van der Waals surface area contributed by atoms with Gasteiger partial charge in [0.2, 0.25) is 5.91 Å². The predicted octanol–water partition coefficient (Wildman–Crippen LogP) is 0.938. The Hall–Kier alpha value is -0.680. The van der Waals surface area contributed by atoms with Gasteiger partial charge in [-0.15, -0.1) is 0 Å². The van der Waals surface area contributed by atoms with Gasteiger partial charge in [-0.25, -0.2) is 0 Å². The summed E-state index contributed by atoms with van der Waals surface area (Å²) in [5.74, 6) is 0.380. The third kappa shape index (κ3) is 4.06. The molecule has 1 fully saturated rings. The second-order valence-electron chi connectivity index (χ2n) is 4.11. The first kappa shape index (κ1) is 13.4. The van der Waals surface area contributed by atoms with Crippen LogP contribution in [0.5, 0.6) is 0 Å². The maximum atomic E-state index is 11.7. The molecule has 0 bridgehead atoms. The highest BCUT2D eigenvalue weighted by Crippen LogP contribution is 2.17. The van der Waals surface area contributed by atoms with E-state index in [9.17, 15) is 4.79 Å². The molecule has 16 heavy (non-hydrogen) atoms. The molecular weight excluding hydrogens is 224 g/mol. The first-order chi connectivity index (χ1) is 7.65. The van der Waals surface area contributed by atoms with Gasteiger partial charge < -0.3 is 15.4 Å². The van der Waals surface area contributed by atoms with Gasteiger partial charge in [0, 0.05) is 25.6 Å². The largest absolute Gasteiger partial charge is 0.393 e. The molecule has 1 saturated heterocycles. The van der Waals surface area contributed by atoms with Crippen LogP contribution in [0.25, 0.3) is 0 Å². The average molecular weight is 244 g/mol. The molecule has 0 unspecified atom stereocenters. The number of thiocarbonyl (C=S) groups is 1. The van der Waals surface area contributed by atoms with Crippen LogP contribution >= 0.6 is 12.2 Å². The Labute approximate surface area is 102 Å². The van der Waals surface area contributed by atoms with Crippen LogP contribution in [0.15, 0.2) is 0 Å². The maximum absolute atomic E-state index is 11.7. The number of rotatable bonds is 5. The van der Waals surface area contributed by atoms with Crippen molar-refractivity contribution in [1.29, 1.82) is 0 Å². The molecule has 92 valence electrons. The van der Waals surface area contributed by atoms with E-state index < -0.39 is 0 Å². The van der Waals surface area contributed by atoms with Gasteiger partial charge in [-0.2, -0.15) is 0 Å². The number of hydrogen-bond donors (Lipinski definition) is 1. The number of carbonyl (C=O) groups is 1. The maximum Gasteiger partial charge on any atom is 0.248 e. The van der Waals surface area contributed by atoms with Crippen molar-refractivity contribution in [3.05, 3.63) is 0 Å². The van der Waals surface area contributed by atoms with E-state index in [0.717, 1.165) is 32.4 Å². The number of piperidine rings is 1. The van der Waals surface area contributed by atoms with E-state index in [1.807, 2.05) is 11.8 Å². The van der Waals surface area contributed by atoms with Crippen LogP contribution in [0, 0.1) is 5.92 Å². The predicted molar refractivity (Wildman–Crippen MR) is 67.2 cm³/mol. The third-order valence-electron chi connectivity index (χ3n) is 2.82. The Morgan fingerprint density at radius 3 is 2.62 bits per heavy atom. The fourth-order valence-corrected chi connectivity index (χ4v) is 2.04. The summed E-state index contributed by atoms with van der Waals surface area (Å²) in [5.41, 5.74) is 5.59. The number of nitrogens with zero attached hydrogens (tertiary/aromatic N) is 1. The van der Waals surface area contributed by atoms with E-state index >= 15 is 0 Å². The summed E-state index contributed by atoms with van der Waals surface area (Å²) in [7, 11) is 0. The lowest BCUT2D eigenvalue weighted by atomic mass is 9.97. The van der Waals surface area contributed by atoms with E-state index in [-0.39, 0.29) is 12.5 Å². The van der Waals surface area contributed by atoms with Crippen molar-refractivity contribution in [2.45, 2.75) is 26.2 Å². The van der Waals surface area contributed by atoms with E-state index in [2.05, 4.69) is 0 Å². The van der Waals surface area contributed by atoms with Crippen molar-refractivity contribution in [2.75, 3.05) is 26.3 Å². The zero-order chi connectivity index (χ0) is 12.0. The summed E-state index contributed by atoms with van der Waals surface area (Å²) in [5, 5.41) is 0. The average Bonchev–Trinajstić information content (AvgIpc) is 2.29. The van der Waals surface area contributed by atoms with Crippen molar-refractivity contribution in [1.82, 2.24) is 4.90 Å². The molecule has 5 heteroatoms. The van der Waals surface area contributed by atoms with E-state index in [1.54, 1.807) is 0 Å². The Morgan fingerprint density at radius 2 is 2.12 bits per heavy atom. The molecular formula is C11H20N2O2S. The summed E-state index contributed by atoms with van der Waals surface area (Å²) < 4.78 is 5.23. The smallest absolute Gasteiger partial charge is 0.248 e. The van der Waals surface area contributed by atoms with E-state index in [4.69, 9.17) is 22.7 Å². The summed E-state index contributed by atoms with van der Waals surface area (Å²) in [6.45, 7) is 4.37. The lowest BCUT2D eigenvalue weighted by Gasteiger charge is -2.31. The van der Waals surface area contributed by atoms with Gasteiger partial charge in [-0.05, 0) is 19.3 Å². The lowest BCUT2D eigenvalue weighted by molar-refractivity contribution is -0.137. The fraction of sp³-hybridized carbons (Fsp3) is 0.818. The topological polar surface area (TPSA) is 55.6 Å². The summed E-state index contributed by atoms with van der Waals surface area (Å²) in [6, 6.07) is 0. The molecule has 0 aromatic carbocycles. The molecule has 0 saturated carbocycles. The van der Waals surface area contributed by atoms with Crippen LogP contribution in [0.3, 0.4) is 0 Å². The number of hydrogen-bond acceptors (Lipinski definition) is 3. The van der Waals surface area contributed by atoms with Crippen LogP contribution in [0.2, 0.25) is 0 Å². The fourth-order valence-electron chi connectivity index (χ4n) is 1.81. The van der Waals surface area contributed by atoms with Crippen molar-refractivity contribution in [3.8, 4) is 0 Å². The molecule has 1 aliphatic heterocycles. The van der Waals surface area contributed by atoms with Crippen molar-refractivity contribution >= 4 is 23.1 Å². The van der Waals surface area contributed by atoms with Gasteiger partial charge in [0.05, 0.1) is 4.99 Å². The van der Waals surface area contributed by atoms with Gasteiger partial charge in [-0.1, -0.05) is 19.1 Å². The summed E-state index contributed by atoms with van der Waals surface area (Å²) in [6.07, 6.45) is 2.71. The quantitative estimate of drug-likeness (QED) is 0.577. The third-order valence-corrected chi connectivity index (χ3v) is 3.16. The highest BCUT2D eigenvalue weighted by Gasteiger charge is 2.23. The number of carbonyl (C=O) groups excluding carboxylic acids is 1. The zero-order valence-electron chi connectivity index (χ0n) is 9.78. The summed E-state index contributed by atoms with van der Waals surface area (Å²) in [4.78, 5) is 14.1. The minimum Gasteiger partial charge on any atom is -0.393 e. The highest BCUT2D eigenvalue weighted by atomic mass is 32.1. The van der Waals surface area contributed by atoms with Gasteiger partial charge in [0.25, 0.3) is 0 Å². The Bertz CT molecular complexity index is 250. The molecule has 0 radical (unpaired) electrons.